The van der Waals surface area contributed by atoms with Crippen molar-refractivity contribution in [3.63, 3.8) is 0 Å². The summed E-state index contributed by atoms with van der Waals surface area (Å²) in [6, 6.07) is 37.7. The highest BCUT2D eigenvalue weighted by Crippen LogP contribution is 2.73. The van der Waals surface area contributed by atoms with E-state index in [0.29, 0.717) is 56.0 Å². The molecule has 5 nitrogen and oxygen atoms in total. The lowest BCUT2D eigenvalue weighted by molar-refractivity contribution is -0.117. The van der Waals surface area contributed by atoms with Crippen molar-refractivity contribution in [1.29, 1.82) is 0 Å². The summed E-state index contributed by atoms with van der Waals surface area (Å²) in [4.78, 5) is 13.6. The first-order valence-corrected chi connectivity index (χ1v) is 53.1. The highest BCUT2D eigenvalue weighted by molar-refractivity contribution is 9.10. The molecule has 8 heteroatoms. The Hall–Kier alpha value is -3.36. The van der Waals surface area contributed by atoms with Crippen LogP contribution in [0, 0.1) is 157 Å². The van der Waals surface area contributed by atoms with Gasteiger partial charge >= 0.3 is 7.12 Å². The fraction of sp³-hybridized carbons (Fsp3) is 0.763. The molecule has 4 aromatic carbocycles. The molecule has 1 aromatic heterocycles. The molecular weight excluding hydrogens is 1570 g/mol. The van der Waals surface area contributed by atoms with Gasteiger partial charge in [0.2, 0.25) is 5.28 Å². The maximum Gasteiger partial charge on any atom is 0.494 e. The second-order valence-electron chi connectivity index (χ2n) is 49.0. The Morgan fingerprint density at radius 2 is 0.656 bits per heavy atom. The van der Waals surface area contributed by atoms with Gasteiger partial charge < -0.3 is 9.31 Å². The predicted octanol–water partition coefficient (Wildman–Crippen LogP) is 32.9. The molecule has 0 bridgehead atoms. The first-order chi connectivity index (χ1) is 58.1. The van der Waals surface area contributed by atoms with Crippen LogP contribution in [0.15, 0.2) is 108 Å². The molecule has 0 radical (unpaired) electrons. The highest BCUT2D eigenvalue weighted by atomic mass is 79.9. The molecule has 27 atom stereocenters. The minimum atomic E-state index is -0.287. The summed E-state index contributed by atoms with van der Waals surface area (Å²) in [6.45, 7) is 47.2. The van der Waals surface area contributed by atoms with E-state index in [1.165, 1.54) is 235 Å². The third-order valence-corrected chi connectivity index (χ3v) is 41.9. The van der Waals surface area contributed by atoms with Crippen LogP contribution in [0.5, 0.6) is 0 Å². The summed E-state index contributed by atoms with van der Waals surface area (Å²) in [5, 5.41) is 0.238. The standard InChI is InChI=1S/C42H56ClN3.C39H63BO2.C33H51Br/c1-27(2)10-9-11-28(3)35-20-21-36-34-19-18-33-26-32(22-24-41(33,4)37(34)23-25-42(35,36)5)29-14-16-31(17-15-29)39-44-38(45-40(43)46-39)30-12-7-6-8-13-30;1-26(2)11-10-12-27(3)33-19-20-34-32-18-15-30-25-29(21-23-38(30,8)35(32)22-24-39(33,34)9)28-13-16-31(17-14-28)40-41-36(4,5)37(6,7)42-40;1-22(2)7-6-8-23(3)29-15-16-30-28-14-11-26-21-25(24-9-12-27(34)13-10-24)17-19-32(26,4)31(28)18-20-33(29,30)5/h6-8,12-17,27-28,32-37H,9-11,18-26H2,1-5H3;13-14,16-17,26-27,29-30,32-35H,10-12,15,18-25H2,1-9H3;9-10,12-13,22-23,25-26,28-31H,6-8,11,14-21H2,1-5H3/t28?,32?,33-,34-,35+,36-,37-,41-,42+;27-,29?,30+,32+,33-,34+,35+,38+,39-;23-,25?,26+,28+,29-,30+,31+,32+,33-/m011/s1. The minimum absolute atomic E-state index is 0.238. The van der Waals surface area contributed by atoms with Crippen molar-refractivity contribution in [1.82, 2.24) is 15.0 Å². The molecule has 13 fully saturated rings. The lowest BCUT2D eigenvalue weighted by Gasteiger charge is -2.61. The molecule has 13 aliphatic rings. The lowest BCUT2D eigenvalue weighted by atomic mass is 9.43. The number of nitrogens with zero attached hydrogens (tertiary/aromatic N) is 3. The van der Waals surface area contributed by atoms with Gasteiger partial charge in [0.15, 0.2) is 11.6 Å². The summed E-state index contributed by atoms with van der Waals surface area (Å²) < 4.78 is 13.9. The Kier molecular flexibility index (Phi) is 28.0. The van der Waals surface area contributed by atoms with Crippen molar-refractivity contribution in [2.45, 2.75) is 392 Å². The average molecular weight is 1740 g/mol. The van der Waals surface area contributed by atoms with Gasteiger partial charge in [-0.25, -0.2) is 4.98 Å². The lowest BCUT2D eigenvalue weighted by Crippen LogP contribution is -2.53. The van der Waals surface area contributed by atoms with E-state index in [0.717, 1.165) is 147 Å². The molecule has 12 saturated carbocycles. The van der Waals surface area contributed by atoms with Gasteiger partial charge in [0.25, 0.3) is 0 Å². The molecule has 5 aromatic rings. The third kappa shape index (κ3) is 18.1. The van der Waals surface area contributed by atoms with E-state index in [1.54, 1.807) is 17.5 Å². The van der Waals surface area contributed by atoms with E-state index >= 15 is 0 Å². The van der Waals surface area contributed by atoms with Crippen LogP contribution in [0.1, 0.15) is 397 Å². The summed E-state index contributed by atoms with van der Waals surface area (Å²) in [6.07, 6.45) is 52.6. The van der Waals surface area contributed by atoms with Crippen molar-refractivity contribution >= 4 is 40.1 Å². The summed E-state index contributed by atoms with van der Waals surface area (Å²) in [7, 11) is -0.260. The molecule has 0 spiro atoms. The molecular formula is C114H170BBrClN3O2. The Morgan fingerprint density at radius 1 is 0.344 bits per heavy atom. The van der Waals surface area contributed by atoms with Gasteiger partial charge in [-0.1, -0.05) is 269 Å². The minimum Gasteiger partial charge on any atom is -0.399 e. The van der Waals surface area contributed by atoms with E-state index in [1.807, 2.05) is 30.3 Å². The maximum atomic E-state index is 6.35. The Labute approximate surface area is 759 Å². The van der Waals surface area contributed by atoms with Gasteiger partial charge in [-0.2, -0.15) is 9.97 Å². The van der Waals surface area contributed by atoms with Crippen molar-refractivity contribution < 1.29 is 9.31 Å². The number of hydrogen-bond donors (Lipinski definition) is 0. The van der Waals surface area contributed by atoms with Crippen molar-refractivity contribution in [2.75, 3.05) is 0 Å². The second-order valence-corrected chi connectivity index (χ2v) is 50.3. The molecule has 0 amide bonds. The van der Waals surface area contributed by atoms with E-state index in [4.69, 9.17) is 25.9 Å². The molecule has 1 aliphatic heterocycles. The molecule has 122 heavy (non-hydrogen) atoms. The largest absolute Gasteiger partial charge is 0.494 e. The fourth-order valence-electron chi connectivity index (χ4n) is 33.5. The molecule has 670 valence electrons. The van der Waals surface area contributed by atoms with Crippen LogP contribution >= 0.6 is 27.5 Å². The number of rotatable bonds is 21. The molecule has 18 rings (SSSR count). The number of hydrogen-bond acceptors (Lipinski definition) is 5. The van der Waals surface area contributed by atoms with Crippen LogP contribution < -0.4 is 5.46 Å². The molecule has 2 heterocycles. The van der Waals surface area contributed by atoms with Gasteiger partial charge in [0, 0.05) is 15.6 Å². The second kappa shape index (κ2) is 37.1. The Morgan fingerprint density at radius 3 is 1.00 bits per heavy atom. The number of benzene rings is 4. The monoisotopic (exact) mass is 1740 g/mol. The van der Waals surface area contributed by atoms with E-state index < -0.39 is 0 Å². The summed E-state index contributed by atoms with van der Waals surface area (Å²) in [5.74, 6) is 23.2. The van der Waals surface area contributed by atoms with Gasteiger partial charge in [-0.3, -0.25) is 0 Å². The fourth-order valence-corrected chi connectivity index (χ4v) is 33.9. The van der Waals surface area contributed by atoms with Crippen LogP contribution in [0.2, 0.25) is 5.28 Å². The molecule has 4 unspecified atom stereocenters. The normalized spacial score (nSPS) is 39.1. The van der Waals surface area contributed by atoms with Gasteiger partial charge in [0.1, 0.15) is 0 Å². The first-order valence-electron chi connectivity index (χ1n) is 51.9. The van der Waals surface area contributed by atoms with Crippen LogP contribution in [0.3, 0.4) is 0 Å². The molecule has 12 aliphatic carbocycles. The number of halogens is 2. The zero-order valence-electron chi connectivity index (χ0n) is 80.6. The number of aromatic nitrogens is 3. The van der Waals surface area contributed by atoms with Crippen LogP contribution in [0.4, 0.5) is 0 Å². The van der Waals surface area contributed by atoms with Crippen molar-refractivity contribution in [3.8, 4) is 22.8 Å². The van der Waals surface area contributed by atoms with E-state index in [-0.39, 0.29) is 23.6 Å². The average Bonchev–Trinajstić information content (AvgIpc) is 1.72. The quantitative estimate of drug-likeness (QED) is 0.0685. The zero-order valence-corrected chi connectivity index (χ0v) is 83.0. The van der Waals surface area contributed by atoms with Crippen LogP contribution in [0.25, 0.3) is 22.8 Å². The molecule has 1 saturated heterocycles. The van der Waals surface area contributed by atoms with Crippen LogP contribution in [-0.4, -0.2) is 33.3 Å². The van der Waals surface area contributed by atoms with E-state index in [9.17, 15) is 0 Å². The third-order valence-electron chi connectivity index (χ3n) is 41.2. The number of fused-ring (bicyclic) bond motifs is 15. The van der Waals surface area contributed by atoms with Gasteiger partial charge in [0.05, 0.1) is 11.2 Å². The topological polar surface area (TPSA) is 57.1 Å². The molecule has 0 N–H and O–H groups in total. The van der Waals surface area contributed by atoms with Gasteiger partial charge in [-0.05, 0) is 421 Å². The van der Waals surface area contributed by atoms with E-state index in [2.05, 4.69) is 230 Å². The summed E-state index contributed by atoms with van der Waals surface area (Å²) in [5.41, 5.74) is 10.7. The Balaban J connectivity index is 0.000000137. The zero-order chi connectivity index (χ0) is 86.2. The maximum absolute atomic E-state index is 6.35. The van der Waals surface area contributed by atoms with Crippen molar-refractivity contribution in [3.05, 3.63) is 130 Å². The van der Waals surface area contributed by atoms with Crippen LogP contribution in [-0.2, 0) is 9.31 Å². The first kappa shape index (κ1) is 91.9. The van der Waals surface area contributed by atoms with Gasteiger partial charge in [-0.15, -0.1) is 0 Å². The SMILES string of the molecule is CC(C)CCCC(C)[C@H]1CC[C@H]2[C@@H]3CC[C@H]4CC(c5ccc(-c6nc(Cl)nc(-c7ccccc7)n6)cc5)CC[C@]4(C)[C@H]3CC[C@]12C.CC(C)CCC[C@@H](C)[C@H]1CC[C@H]2[C@@H]3CC[C@H]4CC(c5ccc(B6OC(C)(C)C(C)(C)O6)cc5)CC[C@]4(C)[C@H]3CC[C@]12C.CC(C)CCC[C@@H](C)[C@H]1CC[C@H]2[C@@H]3CC[C@H]4CC(c5ccc(Br)cc5)CC[C@]4(C)[C@H]3CC[C@]12C. The predicted molar refractivity (Wildman–Crippen MR) is 519 cm³/mol. The summed E-state index contributed by atoms with van der Waals surface area (Å²) >= 11 is 9.98. The van der Waals surface area contributed by atoms with Crippen molar-refractivity contribution in [2.24, 2.45) is 157 Å². The smallest absolute Gasteiger partial charge is 0.399 e. The highest BCUT2D eigenvalue weighted by Gasteiger charge is 2.65. The Bertz CT molecular complexity index is 4240.